The number of halogens is 3. The van der Waals surface area contributed by atoms with Gasteiger partial charge in [0.1, 0.15) is 16.7 Å². The highest BCUT2D eigenvalue weighted by Gasteiger charge is 2.09. The molecule has 1 N–H and O–H groups in total. The van der Waals surface area contributed by atoms with E-state index >= 15 is 0 Å². The largest absolute Gasteiger partial charge is 0.361 e. The standard InChI is InChI=1S/C10H6ClF2N/c11-10-7(12)4-6(5-8(10)13)9-2-1-3-14-9/h1-5,14H. The highest BCUT2D eigenvalue weighted by Crippen LogP contribution is 2.25. The summed E-state index contributed by atoms with van der Waals surface area (Å²) in [5.41, 5.74) is 1.09. The van der Waals surface area contributed by atoms with E-state index in [9.17, 15) is 8.78 Å². The Morgan fingerprint density at radius 2 is 1.79 bits per heavy atom. The molecule has 0 bridgehead atoms. The maximum Gasteiger partial charge on any atom is 0.145 e. The first-order valence-corrected chi connectivity index (χ1v) is 4.34. The molecule has 0 saturated heterocycles. The number of hydrogen-bond donors (Lipinski definition) is 1. The third kappa shape index (κ3) is 1.51. The second-order valence-corrected chi connectivity index (χ2v) is 3.22. The van der Waals surface area contributed by atoms with Crippen molar-refractivity contribution in [2.24, 2.45) is 0 Å². The van der Waals surface area contributed by atoms with Crippen LogP contribution in [0.4, 0.5) is 8.78 Å². The van der Waals surface area contributed by atoms with Crippen LogP contribution < -0.4 is 0 Å². The zero-order chi connectivity index (χ0) is 10.1. The number of benzene rings is 1. The molecule has 72 valence electrons. The molecule has 4 heteroatoms. The van der Waals surface area contributed by atoms with Gasteiger partial charge in [0.05, 0.1) is 0 Å². The topological polar surface area (TPSA) is 15.8 Å². The number of aromatic nitrogens is 1. The first-order chi connectivity index (χ1) is 6.68. The quantitative estimate of drug-likeness (QED) is 0.697. The molecule has 0 fully saturated rings. The van der Waals surface area contributed by atoms with E-state index in [0.29, 0.717) is 11.3 Å². The molecule has 1 nitrogen and oxygen atoms in total. The normalized spacial score (nSPS) is 10.5. The molecular formula is C10H6ClF2N. The smallest absolute Gasteiger partial charge is 0.145 e. The fraction of sp³-hybridized carbons (Fsp3) is 0. The van der Waals surface area contributed by atoms with Crippen LogP contribution in [0.25, 0.3) is 11.3 Å². The Bertz CT molecular complexity index is 428. The van der Waals surface area contributed by atoms with Crippen molar-refractivity contribution in [2.75, 3.05) is 0 Å². The minimum absolute atomic E-state index is 0.439. The Balaban J connectivity index is 2.57. The minimum atomic E-state index is -0.753. The zero-order valence-corrected chi connectivity index (χ0v) is 7.78. The molecule has 2 aromatic rings. The molecule has 0 radical (unpaired) electrons. The summed E-state index contributed by atoms with van der Waals surface area (Å²) in [6, 6.07) is 5.86. The molecule has 0 atom stereocenters. The molecule has 0 saturated carbocycles. The van der Waals surface area contributed by atoms with Crippen LogP contribution >= 0.6 is 11.6 Å². The zero-order valence-electron chi connectivity index (χ0n) is 7.02. The van der Waals surface area contributed by atoms with Crippen LogP contribution in [0.2, 0.25) is 5.02 Å². The summed E-state index contributed by atoms with van der Waals surface area (Å²) in [7, 11) is 0. The van der Waals surface area contributed by atoms with Crippen LogP contribution in [0.3, 0.4) is 0 Å². The summed E-state index contributed by atoms with van der Waals surface area (Å²) in [4.78, 5) is 2.85. The lowest BCUT2D eigenvalue weighted by atomic mass is 10.1. The Labute approximate surface area is 84.3 Å². The average molecular weight is 214 g/mol. The van der Waals surface area contributed by atoms with Crippen molar-refractivity contribution in [1.29, 1.82) is 0 Å². The summed E-state index contributed by atoms with van der Waals surface area (Å²) in [6.45, 7) is 0. The summed E-state index contributed by atoms with van der Waals surface area (Å²) < 4.78 is 26.1. The average Bonchev–Trinajstić information content (AvgIpc) is 2.66. The molecule has 0 aliphatic carbocycles. The summed E-state index contributed by atoms with van der Waals surface area (Å²) in [5.74, 6) is -1.51. The van der Waals surface area contributed by atoms with Crippen molar-refractivity contribution in [3.05, 3.63) is 47.1 Å². The van der Waals surface area contributed by atoms with Gasteiger partial charge in [-0.05, 0) is 24.3 Å². The molecule has 1 heterocycles. The van der Waals surface area contributed by atoms with E-state index in [0.717, 1.165) is 0 Å². The fourth-order valence-electron chi connectivity index (χ4n) is 1.22. The number of nitrogens with one attached hydrogen (secondary N) is 1. The van der Waals surface area contributed by atoms with Gasteiger partial charge in [-0.2, -0.15) is 0 Å². The van der Waals surface area contributed by atoms with E-state index in [1.54, 1.807) is 18.3 Å². The van der Waals surface area contributed by atoms with Crippen LogP contribution in [0, 0.1) is 11.6 Å². The second kappa shape index (κ2) is 3.42. The van der Waals surface area contributed by atoms with Gasteiger partial charge in [0.2, 0.25) is 0 Å². The Morgan fingerprint density at radius 3 is 2.29 bits per heavy atom. The van der Waals surface area contributed by atoms with Crippen molar-refractivity contribution >= 4 is 11.6 Å². The predicted molar refractivity (Wildman–Crippen MR) is 51.2 cm³/mol. The minimum Gasteiger partial charge on any atom is -0.361 e. The highest BCUT2D eigenvalue weighted by atomic mass is 35.5. The third-order valence-corrected chi connectivity index (χ3v) is 2.25. The van der Waals surface area contributed by atoms with Crippen LogP contribution in [0.1, 0.15) is 0 Å². The van der Waals surface area contributed by atoms with E-state index < -0.39 is 16.7 Å². The SMILES string of the molecule is Fc1cc(-c2ccc[nH]2)cc(F)c1Cl. The van der Waals surface area contributed by atoms with E-state index in [1.165, 1.54) is 12.1 Å². The number of rotatable bonds is 1. The van der Waals surface area contributed by atoms with E-state index in [2.05, 4.69) is 4.98 Å². The summed E-state index contributed by atoms with van der Waals surface area (Å²) in [5, 5.41) is -0.472. The molecule has 2 rings (SSSR count). The van der Waals surface area contributed by atoms with Gasteiger partial charge >= 0.3 is 0 Å². The molecule has 0 aliphatic heterocycles. The molecule has 0 spiro atoms. The first kappa shape index (κ1) is 9.21. The van der Waals surface area contributed by atoms with Gasteiger partial charge in [-0.15, -0.1) is 0 Å². The molecule has 0 aliphatic rings. The Hall–Kier alpha value is -1.35. The van der Waals surface area contributed by atoms with Gasteiger partial charge in [-0.25, -0.2) is 8.78 Å². The molecular weight excluding hydrogens is 208 g/mol. The van der Waals surface area contributed by atoms with Gasteiger partial charge in [0, 0.05) is 17.5 Å². The maximum atomic E-state index is 13.0. The molecule has 14 heavy (non-hydrogen) atoms. The Kier molecular flexibility index (Phi) is 2.25. The van der Waals surface area contributed by atoms with Gasteiger partial charge in [-0.3, -0.25) is 0 Å². The summed E-state index contributed by atoms with van der Waals surface area (Å²) in [6.07, 6.45) is 1.68. The molecule has 1 aromatic heterocycles. The van der Waals surface area contributed by atoms with Crippen molar-refractivity contribution in [1.82, 2.24) is 4.98 Å². The van der Waals surface area contributed by atoms with Crippen LogP contribution in [-0.4, -0.2) is 4.98 Å². The van der Waals surface area contributed by atoms with E-state index in [4.69, 9.17) is 11.6 Å². The number of H-pyrrole nitrogens is 1. The molecule has 0 unspecified atom stereocenters. The van der Waals surface area contributed by atoms with Gasteiger partial charge in [0.15, 0.2) is 0 Å². The van der Waals surface area contributed by atoms with Crippen molar-refractivity contribution in [3.63, 3.8) is 0 Å². The first-order valence-electron chi connectivity index (χ1n) is 3.97. The molecule has 0 amide bonds. The second-order valence-electron chi connectivity index (χ2n) is 2.84. The molecule has 1 aromatic carbocycles. The maximum absolute atomic E-state index is 13.0. The van der Waals surface area contributed by atoms with E-state index in [-0.39, 0.29) is 0 Å². The van der Waals surface area contributed by atoms with Crippen LogP contribution in [0.5, 0.6) is 0 Å². The monoisotopic (exact) mass is 213 g/mol. The van der Waals surface area contributed by atoms with Crippen LogP contribution in [0.15, 0.2) is 30.5 Å². The number of hydrogen-bond acceptors (Lipinski definition) is 0. The van der Waals surface area contributed by atoms with Gasteiger partial charge in [0.25, 0.3) is 0 Å². The van der Waals surface area contributed by atoms with Gasteiger partial charge in [-0.1, -0.05) is 11.6 Å². The Morgan fingerprint density at radius 1 is 1.14 bits per heavy atom. The fourth-order valence-corrected chi connectivity index (χ4v) is 1.33. The highest BCUT2D eigenvalue weighted by molar-refractivity contribution is 6.30. The summed E-state index contributed by atoms with van der Waals surface area (Å²) >= 11 is 5.35. The lowest BCUT2D eigenvalue weighted by Gasteiger charge is -2.01. The van der Waals surface area contributed by atoms with Gasteiger partial charge < -0.3 is 4.98 Å². The number of aromatic amines is 1. The van der Waals surface area contributed by atoms with Crippen molar-refractivity contribution < 1.29 is 8.78 Å². The lowest BCUT2D eigenvalue weighted by molar-refractivity contribution is 0.585. The van der Waals surface area contributed by atoms with E-state index in [1.807, 2.05) is 0 Å². The van der Waals surface area contributed by atoms with Crippen molar-refractivity contribution in [3.8, 4) is 11.3 Å². The lowest BCUT2D eigenvalue weighted by Crippen LogP contribution is -1.86. The third-order valence-electron chi connectivity index (χ3n) is 1.89. The predicted octanol–water partition coefficient (Wildman–Crippen LogP) is 3.61. The van der Waals surface area contributed by atoms with Crippen molar-refractivity contribution in [2.45, 2.75) is 0 Å². The van der Waals surface area contributed by atoms with Crippen LogP contribution in [-0.2, 0) is 0 Å².